The Bertz CT molecular complexity index is 958. The molecule has 41 heavy (non-hydrogen) atoms. The number of hydrogen-bond donors (Lipinski definition) is 1. The fourth-order valence-corrected chi connectivity index (χ4v) is 5.02. The summed E-state index contributed by atoms with van der Waals surface area (Å²) in [6.07, 6.45) is 0. The molecule has 0 aliphatic heterocycles. The van der Waals surface area contributed by atoms with Gasteiger partial charge in [0, 0.05) is 0 Å². The maximum atomic E-state index is 14.9. The fraction of sp³-hybridized carbons (Fsp3) is 0.938. The maximum absolute atomic E-state index is 14.9. The minimum absolute atomic E-state index is 0.931. The zero-order valence-corrected chi connectivity index (χ0v) is 19.4. The summed E-state index contributed by atoms with van der Waals surface area (Å²) in [5.74, 6) is -49.0. The maximum Gasteiger partial charge on any atom is 0.354 e. The highest BCUT2D eigenvalue weighted by Crippen LogP contribution is 2.88. The lowest BCUT2D eigenvalue weighted by molar-refractivity contribution is -0.619. The third-order valence-corrected chi connectivity index (χ3v) is 7.06. The summed E-state index contributed by atoms with van der Waals surface area (Å²) < 4.78 is 260. The Balaban J connectivity index is 1.93. The van der Waals surface area contributed by atoms with Crippen LogP contribution >= 0.6 is 12.0 Å². The van der Waals surface area contributed by atoms with Gasteiger partial charge < -0.3 is 14.2 Å². The van der Waals surface area contributed by atoms with Crippen LogP contribution in [0, 0.1) is 0 Å². The molecule has 0 heterocycles. The first-order valence-corrected chi connectivity index (χ1v) is 10.6. The van der Waals surface area contributed by atoms with Gasteiger partial charge in [0.25, 0.3) is 5.60 Å². The Kier molecular flexibility index (Phi) is 7.43. The Morgan fingerprint density at radius 1 is 0.659 bits per heavy atom. The molecule has 7 nitrogen and oxygen atoms in total. The summed E-state index contributed by atoms with van der Waals surface area (Å²) in [5, 5.41) is 6.40. The van der Waals surface area contributed by atoms with Crippen molar-refractivity contribution in [3.63, 3.8) is 0 Å². The van der Waals surface area contributed by atoms with Gasteiger partial charge in [-0.1, -0.05) is 5.04 Å². The molecular weight excluding hydrogens is 659 g/mol. The number of carbonyl (C=O) groups excluding carboxylic acids is 1. The Hall–Kier alpha value is -1.57. The average molecular weight is 668 g/mol. The van der Waals surface area contributed by atoms with Crippen molar-refractivity contribution < 1.29 is 108 Å². The predicted molar refractivity (Wildman–Crippen MR) is 89.0 cm³/mol. The van der Waals surface area contributed by atoms with Crippen molar-refractivity contribution in [2.24, 2.45) is 0 Å². The zero-order valence-electron chi connectivity index (χ0n) is 18.6. The summed E-state index contributed by atoms with van der Waals surface area (Å²) in [6, 6.07) is 0. The first kappa shape index (κ1) is 33.9. The minimum Gasteiger partial charge on any atom is -0.456 e. The lowest BCUT2D eigenvalue weighted by atomic mass is 9.40. The van der Waals surface area contributed by atoms with E-state index in [4.69, 9.17) is 5.26 Å². The molecule has 4 fully saturated rings. The Morgan fingerprint density at radius 3 is 1.41 bits per heavy atom. The van der Waals surface area contributed by atoms with Crippen LogP contribution in [0.3, 0.4) is 0 Å². The Morgan fingerprint density at radius 2 is 1.05 bits per heavy atom. The molecule has 4 saturated carbocycles. The van der Waals surface area contributed by atoms with Crippen LogP contribution in [-0.2, 0) is 28.4 Å². The van der Waals surface area contributed by atoms with Crippen molar-refractivity contribution >= 4 is 18.0 Å². The van der Waals surface area contributed by atoms with E-state index in [9.17, 15) is 79.4 Å². The van der Waals surface area contributed by atoms with Gasteiger partial charge in [-0.25, -0.2) is 23.2 Å². The highest BCUT2D eigenvalue weighted by molar-refractivity contribution is 7.95. The summed E-state index contributed by atoms with van der Waals surface area (Å²) in [4.78, 5) is 11.3. The molecule has 240 valence electrons. The molecular formula is C16H9F17O7S. The van der Waals surface area contributed by atoms with E-state index in [1.54, 1.807) is 0 Å². The van der Waals surface area contributed by atoms with E-state index in [-0.39, 0.29) is 0 Å². The van der Waals surface area contributed by atoms with Gasteiger partial charge in [-0.05, 0) is 0 Å². The second-order valence-electron chi connectivity index (χ2n) is 8.53. The fourth-order valence-electron chi connectivity index (χ4n) is 4.78. The number of alkyl halides is 17. The highest BCUT2D eigenvalue weighted by Gasteiger charge is 3.23. The number of carbonyl (C=O) groups is 1. The quantitative estimate of drug-likeness (QED) is 0.0829. The number of halogens is 17. The third kappa shape index (κ3) is 3.19. The molecule has 0 aromatic carbocycles. The van der Waals surface area contributed by atoms with Gasteiger partial charge in [0.15, 0.2) is 6.61 Å². The topological polar surface area (TPSA) is 83.5 Å². The van der Waals surface area contributed by atoms with Crippen molar-refractivity contribution in [2.45, 2.75) is 63.4 Å². The van der Waals surface area contributed by atoms with Gasteiger partial charge in [-0.3, -0.25) is 0 Å². The number of hydrogen-bond acceptors (Lipinski definition) is 8. The summed E-state index contributed by atoms with van der Waals surface area (Å²) >= 11 is -0.931. The molecule has 4 rings (SSSR count). The molecule has 25 heteroatoms. The predicted octanol–water partition coefficient (Wildman–Crippen LogP) is 4.94. The van der Waals surface area contributed by atoms with E-state index >= 15 is 0 Å². The van der Waals surface area contributed by atoms with Crippen molar-refractivity contribution in [1.82, 2.24) is 0 Å². The minimum atomic E-state index is -7.96. The second kappa shape index (κ2) is 8.98. The van der Waals surface area contributed by atoms with E-state index in [0.717, 1.165) is 0 Å². The molecule has 0 unspecified atom stereocenters. The first-order valence-electron chi connectivity index (χ1n) is 9.91. The standard InChI is InChI=1S/C16H9F17O7S/c17-6(18,41-40-39-35)4-37-5(34)3-36-1-2-38-10-14(28,29)7(19)11(22,23)8(20,15(10,30)31)13(26,27)9(21,12(7,24)25)16(10,32)33/h35H,1-4H2. The van der Waals surface area contributed by atoms with Crippen molar-refractivity contribution in [3.05, 3.63) is 0 Å². The molecule has 0 amide bonds. The van der Waals surface area contributed by atoms with Gasteiger partial charge in [-0.15, -0.1) is 4.33 Å². The van der Waals surface area contributed by atoms with Crippen molar-refractivity contribution in [2.75, 3.05) is 26.4 Å². The van der Waals surface area contributed by atoms with Crippen molar-refractivity contribution in [1.29, 1.82) is 0 Å². The summed E-state index contributed by atoms with van der Waals surface area (Å²) in [7, 11) is 0. The summed E-state index contributed by atoms with van der Waals surface area (Å²) in [6.45, 7) is -7.79. The SMILES string of the molecule is O=C(COCCOC12C(F)(F)C3(F)C(F)(F)C(F)(C(F)(F)C(F)(C3(F)F)C1(F)F)C2(F)F)OCC(F)(F)SOOO. The van der Waals surface area contributed by atoms with Gasteiger partial charge >= 0.3 is 63.8 Å². The van der Waals surface area contributed by atoms with Gasteiger partial charge in [0.1, 0.15) is 18.6 Å². The molecule has 4 bridgehead atoms. The first-order chi connectivity index (χ1) is 18.2. The van der Waals surface area contributed by atoms with Crippen LogP contribution in [0.25, 0.3) is 0 Å². The van der Waals surface area contributed by atoms with Crippen LogP contribution in [0.1, 0.15) is 0 Å². The molecule has 0 aromatic rings. The molecule has 1 N–H and O–H groups in total. The third-order valence-electron chi connectivity index (χ3n) is 6.57. The lowest BCUT2D eigenvalue weighted by Gasteiger charge is -2.74. The smallest absolute Gasteiger partial charge is 0.354 e. The van der Waals surface area contributed by atoms with Crippen LogP contribution in [0.4, 0.5) is 74.6 Å². The largest absolute Gasteiger partial charge is 0.456 e. The van der Waals surface area contributed by atoms with Crippen LogP contribution in [0.2, 0.25) is 0 Å². The highest BCUT2D eigenvalue weighted by atomic mass is 32.2. The van der Waals surface area contributed by atoms with E-state index in [0.29, 0.717) is 0 Å². The van der Waals surface area contributed by atoms with Gasteiger partial charge in [-0.2, -0.15) is 61.5 Å². The molecule has 0 saturated heterocycles. The average Bonchev–Trinajstić information content (AvgIpc) is 2.83. The number of esters is 1. The van der Waals surface area contributed by atoms with Gasteiger partial charge in [0.2, 0.25) is 0 Å². The number of rotatable bonds is 11. The molecule has 0 spiro atoms. The van der Waals surface area contributed by atoms with Gasteiger partial charge in [0.05, 0.1) is 13.2 Å². The lowest BCUT2D eigenvalue weighted by Crippen LogP contribution is -3.10. The monoisotopic (exact) mass is 668 g/mol. The molecule has 4 aliphatic carbocycles. The molecule has 0 radical (unpaired) electrons. The van der Waals surface area contributed by atoms with Crippen LogP contribution < -0.4 is 0 Å². The van der Waals surface area contributed by atoms with Crippen molar-refractivity contribution in [3.8, 4) is 0 Å². The molecule has 0 atom stereocenters. The van der Waals surface area contributed by atoms with E-state index in [1.165, 1.54) is 0 Å². The van der Waals surface area contributed by atoms with E-state index in [2.05, 4.69) is 23.6 Å². The van der Waals surface area contributed by atoms with Crippen LogP contribution in [0.5, 0.6) is 0 Å². The Labute approximate surface area is 217 Å². The van der Waals surface area contributed by atoms with E-state index in [1.807, 2.05) is 0 Å². The molecule has 0 aromatic heterocycles. The van der Waals surface area contributed by atoms with Crippen LogP contribution in [0.15, 0.2) is 0 Å². The van der Waals surface area contributed by atoms with E-state index < -0.39 is 108 Å². The molecule has 4 aliphatic rings. The number of ether oxygens (including phenoxy) is 3. The summed E-state index contributed by atoms with van der Waals surface area (Å²) in [5.41, 5.74) is -30.6. The normalized spacial score (nSPS) is 38.6. The second-order valence-corrected chi connectivity index (χ2v) is 9.43. The zero-order chi connectivity index (χ0) is 32.1. The van der Waals surface area contributed by atoms with Crippen LogP contribution in [-0.4, -0.2) is 101 Å².